The van der Waals surface area contributed by atoms with Gasteiger partial charge < -0.3 is 4.84 Å². The van der Waals surface area contributed by atoms with Gasteiger partial charge in [0, 0.05) is 0 Å². The minimum absolute atomic E-state index is 0.407. The van der Waals surface area contributed by atoms with Gasteiger partial charge in [-0.1, -0.05) is 12.1 Å². The van der Waals surface area contributed by atoms with E-state index in [2.05, 4.69) is 4.84 Å². The van der Waals surface area contributed by atoms with Crippen LogP contribution in [0.5, 0.6) is 5.75 Å². The molecule has 3 nitrogen and oxygen atoms in total. The van der Waals surface area contributed by atoms with Crippen LogP contribution in [0.2, 0.25) is 0 Å². The molecule has 0 saturated heterocycles. The number of para-hydroxylation sites is 1. The third-order valence-electron chi connectivity index (χ3n) is 1.13. The standard InChI is InChI=1S/C7H6N2O/c8-5-6-3-1-2-4-7(6)10-9/h1-4H,9H2. The van der Waals surface area contributed by atoms with E-state index in [9.17, 15) is 0 Å². The minimum atomic E-state index is 0.407. The van der Waals surface area contributed by atoms with Crippen LogP contribution in [0, 0.1) is 11.3 Å². The van der Waals surface area contributed by atoms with Gasteiger partial charge in [0.1, 0.15) is 6.07 Å². The van der Waals surface area contributed by atoms with Crippen LogP contribution in [0.3, 0.4) is 0 Å². The second kappa shape index (κ2) is 2.85. The van der Waals surface area contributed by atoms with Crippen LogP contribution in [0.4, 0.5) is 0 Å². The van der Waals surface area contributed by atoms with Gasteiger partial charge in [0.15, 0.2) is 5.75 Å². The van der Waals surface area contributed by atoms with E-state index in [-0.39, 0.29) is 0 Å². The van der Waals surface area contributed by atoms with Gasteiger partial charge in [0.25, 0.3) is 0 Å². The molecule has 0 aromatic heterocycles. The Morgan fingerprint density at radius 1 is 1.40 bits per heavy atom. The number of nitriles is 1. The lowest BCUT2D eigenvalue weighted by Gasteiger charge is -1.97. The van der Waals surface area contributed by atoms with Crippen molar-refractivity contribution in [1.29, 1.82) is 5.26 Å². The number of nitrogens with two attached hydrogens (primary N) is 1. The SMILES string of the molecule is N#Cc1ccccc1ON. The van der Waals surface area contributed by atoms with E-state index in [0.717, 1.165) is 0 Å². The molecule has 0 atom stereocenters. The largest absolute Gasteiger partial charge is 0.410 e. The Kier molecular flexibility index (Phi) is 1.88. The van der Waals surface area contributed by atoms with Gasteiger partial charge in [-0.25, -0.2) is 0 Å². The molecule has 0 aliphatic rings. The highest BCUT2D eigenvalue weighted by molar-refractivity contribution is 5.42. The van der Waals surface area contributed by atoms with Crippen LogP contribution in [-0.2, 0) is 0 Å². The van der Waals surface area contributed by atoms with Crippen LogP contribution in [0.25, 0.3) is 0 Å². The smallest absolute Gasteiger partial charge is 0.164 e. The lowest BCUT2D eigenvalue weighted by atomic mass is 10.2. The fraction of sp³-hybridized carbons (Fsp3) is 0. The van der Waals surface area contributed by atoms with Crippen molar-refractivity contribution in [2.45, 2.75) is 0 Å². The number of hydrogen-bond acceptors (Lipinski definition) is 3. The summed E-state index contributed by atoms with van der Waals surface area (Å²) in [6.45, 7) is 0. The molecule has 3 heteroatoms. The van der Waals surface area contributed by atoms with E-state index in [1.807, 2.05) is 6.07 Å². The number of benzene rings is 1. The van der Waals surface area contributed by atoms with Crippen molar-refractivity contribution in [3.8, 4) is 11.8 Å². The highest BCUT2D eigenvalue weighted by Crippen LogP contribution is 2.13. The quantitative estimate of drug-likeness (QED) is 0.578. The normalized spacial score (nSPS) is 8.40. The van der Waals surface area contributed by atoms with Gasteiger partial charge in [-0.15, -0.1) is 0 Å². The molecule has 1 aromatic carbocycles. The lowest BCUT2D eigenvalue weighted by Crippen LogP contribution is -2.02. The lowest BCUT2D eigenvalue weighted by molar-refractivity contribution is 0.333. The molecule has 2 N–H and O–H groups in total. The van der Waals surface area contributed by atoms with Gasteiger partial charge in [-0.2, -0.15) is 11.2 Å². The molecule has 0 aliphatic carbocycles. The van der Waals surface area contributed by atoms with Crippen LogP contribution >= 0.6 is 0 Å². The maximum absolute atomic E-state index is 8.46. The summed E-state index contributed by atoms with van der Waals surface area (Å²) in [5.74, 6) is 5.28. The molecular weight excluding hydrogens is 128 g/mol. The summed E-state index contributed by atoms with van der Waals surface area (Å²) in [7, 11) is 0. The first kappa shape index (κ1) is 6.59. The Labute approximate surface area is 58.6 Å². The van der Waals surface area contributed by atoms with E-state index in [1.54, 1.807) is 24.3 Å². The summed E-state index contributed by atoms with van der Waals surface area (Å²) < 4.78 is 0. The number of hydrogen-bond donors (Lipinski definition) is 1. The van der Waals surface area contributed by atoms with Gasteiger partial charge in [0.05, 0.1) is 5.56 Å². The van der Waals surface area contributed by atoms with Crippen LogP contribution in [-0.4, -0.2) is 0 Å². The predicted molar refractivity (Wildman–Crippen MR) is 36.0 cm³/mol. The van der Waals surface area contributed by atoms with Crippen molar-refractivity contribution < 1.29 is 4.84 Å². The van der Waals surface area contributed by atoms with Crippen molar-refractivity contribution in [3.05, 3.63) is 29.8 Å². The fourth-order valence-corrected chi connectivity index (χ4v) is 0.662. The van der Waals surface area contributed by atoms with Crippen LogP contribution in [0.15, 0.2) is 24.3 Å². The van der Waals surface area contributed by atoms with E-state index >= 15 is 0 Å². The number of nitrogens with zero attached hydrogens (tertiary/aromatic N) is 1. The summed E-state index contributed by atoms with van der Waals surface area (Å²) >= 11 is 0. The maximum Gasteiger partial charge on any atom is 0.164 e. The highest BCUT2D eigenvalue weighted by Gasteiger charge is 1.97. The molecule has 0 radical (unpaired) electrons. The molecular formula is C7H6N2O. The summed E-state index contributed by atoms with van der Waals surface area (Å²) in [5.41, 5.74) is 0.449. The second-order valence-corrected chi connectivity index (χ2v) is 1.73. The summed E-state index contributed by atoms with van der Waals surface area (Å²) in [6, 6.07) is 8.72. The van der Waals surface area contributed by atoms with E-state index in [4.69, 9.17) is 11.2 Å². The second-order valence-electron chi connectivity index (χ2n) is 1.73. The third kappa shape index (κ3) is 1.07. The molecule has 0 amide bonds. The molecule has 0 spiro atoms. The molecule has 0 aliphatic heterocycles. The summed E-state index contributed by atoms with van der Waals surface area (Å²) in [6.07, 6.45) is 0. The van der Waals surface area contributed by atoms with E-state index < -0.39 is 0 Å². The van der Waals surface area contributed by atoms with Gasteiger partial charge in [0.2, 0.25) is 0 Å². The third-order valence-corrected chi connectivity index (χ3v) is 1.13. The molecule has 0 saturated carbocycles. The number of rotatable bonds is 1. The average Bonchev–Trinajstić information content (AvgIpc) is 2.04. The van der Waals surface area contributed by atoms with Crippen molar-refractivity contribution in [2.75, 3.05) is 0 Å². The van der Waals surface area contributed by atoms with Crippen molar-refractivity contribution in [2.24, 2.45) is 5.90 Å². The first-order valence-electron chi connectivity index (χ1n) is 2.74. The molecule has 10 heavy (non-hydrogen) atoms. The molecule has 0 heterocycles. The van der Waals surface area contributed by atoms with E-state index in [0.29, 0.717) is 11.3 Å². The van der Waals surface area contributed by atoms with Crippen molar-refractivity contribution in [1.82, 2.24) is 0 Å². The first-order valence-corrected chi connectivity index (χ1v) is 2.74. The fourth-order valence-electron chi connectivity index (χ4n) is 0.662. The Morgan fingerprint density at radius 2 is 2.10 bits per heavy atom. The molecule has 0 unspecified atom stereocenters. The van der Waals surface area contributed by atoms with Crippen LogP contribution < -0.4 is 10.7 Å². The Bertz CT molecular complexity index is 265. The van der Waals surface area contributed by atoms with Gasteiger partial charge in [-0.05, 0) is 12.1 Å². The van der Waals surface area contributed by atoms with Crippen LogP contribution in [0.1, 0.15) is 5.56 Å². The molecule has 0 bridgehead atoms. The molecule has 0 fully saturated rings. The topological polar surface area (TPSA) is 59.0 Å². The maximum atomic E-state index is 8.46. The monoisotopic (exact) mass is 134 g/mol. The zero-order valence-electron chi connectivity index (χ0n) is 5.24. The minimum Gasteiger partial charge on any atom is -0.410 e. The molecule has 50 valence electrons. The zero-order chi connectivity index (χ0) is 7.40. The Morgan fingerprint density at radius 3 is 2.60 bits per heavy atom. The Hall–Kier alpha value is -1.53. The molecule has 1 rings (SSSR count). The van der Waals surface area contributed by atoms with Gasteiger partial charge in [-0.3, -0.25) is 0 Å². The predicted octanol–water partition coefficient (Wildman–Crippen LogP) is 0.811. The average molecular weight is 134 g/mol. The van der Waals surface area contributed by atoms with Crippen molar-refractivity contribution >= 4 is 0 Å². The molecule has 1 aromatic rings. The first-order chi connectivity index (χ1) is 4.88. The summed E-state index contributed by atoms with van der Waals surface area (Å²) in [4.78, 5) is 4.41. The van der Waals surface area contributed by atoms with E-state index in [1.165, 1.54) is 0 Å². The highest BCUT2D eigenvalue weighted by atomic mass is 16.6. The Balaban J connectivity index is 3.12. The van der Waals surface area contributed by atoms with Gasteiger partial charge >= 0.3 is 0 Å². The zero-order valence-corrected chi connectivity index (χ0v) is 5.24. The summed E-state index contributed by atoms with van der Waals surface area (Å²) in [5, 5.41) is 8.46. The van der Waals surface area contributed by atoms with Crippen molar-refractivity contribution in [3.63, 3.8) is 0 Å².